The summed E-state index contributed by atoms with van der Waals surface area (Å²) in [6.07, 6.45) is 3.24. The van der Waals surface area contributed by atoms with E-state index in [1.54, 1.807) is 23.7 Å². The third kappa shape index (κ3) is 2.21. The molecule has 3 aromatic heterocycles. The predicted molar refractivity (Wildman–Crippen MR) is 73.3 cm³/mol. The van der Waals surface area contributed by atoms with Gasteiger partial charge in [-0.3, -0.25) is 4.98 Å². The second-order valence-corrected chi connectivity index (χ2v) is 4.71. The van der Waals surface area contributed by atoms with Crippen LogP contribution >= 0.6 is 11.3 Å². The van der Waals surface area contributed by atoms with Crippen molar-refractivity contribution < 1.29 is 0 Å². The lowest BCUT2D eigenvalue weighted by Crippen LogP contribution is -1.96. The SMILES string of the molecule is N#Cc1cnc(-c2ccccn2)nc1-c1cccs1. The summed E-state index contributed by atoms with van der Waals surface area (Å²) < 4.78 is 0. The van der Waals surface area contributed by atoms with Crippen LogP contribution in [0.5, 0.6) is 0 Å². The van der Waals surface area contributed by atoms with Crippen molar-refractivity contribution in [2.45, 2.75) is 0 Å². The fourth-order valence-corrected chi connectivity index (χ4v) is 2.41. The maximum Gasteiger partial charge on any atom is 0.178 e. The molecule has 3 rings (SSSR count). The van der Waals surface area contributed by atoms with Crippen LogP contribution in [-0.4, -0.2) is 15.0 Å². The summed E-state index contributed by atoms with van der Waals surface area (Å²) in [5, 5.41) is 11.1. The molecule has 0 aliphatic heterocycles. The molecule has 0 unspecified atom stereocenters. The Bertz CT molecular complexity index is 730. The molecule has 0 amide bonds. The Morgan fingerprint density at radius 2 is 2.05 bits per heavy atom. The number of aromatic nitrogens is 3. The molecule has 0 bridgehead atoms. The lowest BCUT2D eigenvalue weighted by Gasteiger charge is -2.03. The minimum atomic E-state index is 0.474. The zero-order chi connectivity index (χ0) is 13.1. The summed E-state index contributed by atoms with van der Waals surface area (Å²) in [5.74, 6) is 0.531. The van der Waals surface area contributed by atoms with Crippen LogP contribution < -0.4 is 0 Å². The Labute approximate surface area is 114 Å². The van der Waals surface area contributed by atoms with Crippen molar-refractivity contribution in [1.29, 1.82) is 5.26 Å². The summed E-state index contributed by atoms with van der Waals surface area (Å²) in [6.45, 7) is 0. The zero-order valence-corrected chi connectivity index (χ0v) is 10.6. The molecular formula is C14H8N4S. The van der Waals surface area contributed by atoms with E-state index < -0.39 is 0 Å². The van der Waals surface area contributed by atoms with E-state index in [0.29, 0.717) is 22.8 Å². The minimum absolute atomic E-state index is 0.474. The lowest BCUT2D eigenvalue weighted by atomic mass is 10.2. The van der Waals surface area contributed by atoms with E-state index in [1.165, 1.54) is 0 Å². The van der Waals surface area contributed by atoms with Gasteiger partial charge in [0.1, 0.15) is 17.5 Å². The molecule has 0 N–H and O–H groups in total. The van der Waals surface area contributed by atoms with E-state index in [9.17, 15) is 0 Å². The van der Waals surface area contributed by atoms with Crippen LogP contribution in [0.4, 0.5) is 0 Å². The second kappa shape index (κ2) is 4.96. The first-order chi connectivity index (χ1) is 9.38. The molecule has 0 saturated heterocycles. The molecule has 0 saturated carbocycles. The van der Waals surface area contributed by atoms with Gasteiger partial charge in [-0.25, -0.2) is 9.97 Å². The number of nitriles is 1. The van der Waals surface area contributed by atoms with E-state index in [1.807, 2.05) is 35.7 Å². The molecule has 90 valence electrons. The molecule has 5 heteroatoms. The van der Waals surface area contributed by atoms with Crippen molar-refractivity contribution in [3.63, 3.8) is 0 Å². The van der Waals surface area contributed by atoms with Crippen LogP contribution in [0.2, 0.25) is 0 Å². The number of hydrogen-bond donors (Lipinski definition) is 0. The molecule has 0 radical (unpaired) electrons. The van der Waals surface area contributed by atoms with Gasteiger partial charge in [-0.05, 0) is 23.6 Å². The van der Waals surface area contributed by atoms with Crippen molar-refractivity contribution in [2.75, 3.05) is 0 Å². The van der Waals surface area contributed by atoms with Crippen molar-refractivity contribution in [3.05, 3.63) is 53.7 Å². The smallest absolute Gasteiger partial charge is 0.178 e. The molecule has 3 aromatic rings. The number of hydrogen-bond acceptors (Lipinski definition) is 5. The highest BCUT2D eigenvalue weighted by Gasteiger charge is 2.11. The highest BCUT2D eigenvalue weighted by atomic mass is 32.1. The van der Waals surface area contributed by atoms with Crippen LogP contribution in [0, 0.1) is 11.3 Å². The fraction of sp³-hybridized carbons (Fsp3) is 0. The van der Waals surface area contributed by atoms with Gasteiger partial charge in [-0.15, -0.1) is 11.3 Å². The molecule has 0 atom stereocenters. The topological polar surface area (TPSA) is 62.5 Å². The third-order valence-corrected chi connectivity index (χ3v) is 3.43. The average Bonchev–Trinajstić information content (AvgIpc) is 3.01. The van der Waals surface area contributed by atoms with Gasteiger partial charge >= 0.3 is 0 Å². The van der Waals surface area contributed by atoms with Gasteiger partial charge in [0.25, 0.3) is 0 Å². The largest absolute Gasteiger partial charge is 0.253 e. The normalized spacial score (nSPS) is 10.1. The standard InChI is InChI=1S/C14H8N4S/c15-8-10-9-17-14(11-4-1-2-6-16-11)18-13(10)12-5-3-7-19-12/h1-7,9H. The van der Waals surface area contributed by atoms with E-state index in [2.05, 4.69) is 21.0 Å². The van der Waals surface area contributed by atoms with Gasteiger partial charge < -0.3 is 0 Å². The van der Waals surface area contributed by atoms with Crippen molar-refractivity contribution in [1.82, 2.24) is 15.0 Å². The molecule has 19 heavy (non-hydrogen) atoms. The first kappa shape index (κ1) is 11.5. The van der Waals surface area contributed by atoms with Gasteiger partial charge in [0.2, 0.25) is 0 Å². The highest BCUT2D eigenvalue weighted by molar-refractivity contribution is 7.13. The minimum Gasteiger partial charge on any atom is -0.253 e. The summed E-state index contributed by atoms with van der Waals surface area (Å²) in [5.41, 5.74) is 1.83. The van der Waals surface area contributed by atoms with Crippen molar-refractivity contribution in [2.24, 2.45) is 0 Å². The maximum absolute atomic E-state index is 9.14. The van der Waals surface area contributed by atoms with Gasteiger partial charge in [0.15, 0.2) is 5.82 Å². The Hall–Kier alpha value is -2.58. The first-order valence-corrected chi connectivity index (χ1v) is 6.49. The Kier molecular flexibility index (Phi) is 3.01. The van der Waals surface area contributed by atoms with Crippen LogP contribution in [0.1, 0.15) is 5.56 Å². The predicted octanol–water partition coefficient (Wildman–Crippen LogP) is 3.14. The van der Waals surface area contributed by atoms with E-state index in [-0.39, 0.29) is 0 Å². The van der Waals surface area contributed by atoms with Crippen molar-refractivity contribution >= 4 is 11.3 Å². The molecule has 0 aliphatic rings. The monoisotopic (exact) mass is 264 g/mol. The van der Waals surface area contributed by atoms with Crippen LogP contribution in [0.25, 0.3) is 22.1 Å². The van der Waals surface area contributed by atoms with Gasteiger partial charge in [0.05, 0.1) is 10.4 Å². The van der Waals surface area contributed by atoms with Crippen LogP contribution in [0.15, 0.2) is 48.1 Å². The summed E-state index contributed by atoms with van der Waals surface area (Å²) in [7, 11) is 0. The molecule has 0 aromatic carbocycles. The molecule has 3 heterocycles. The van der Waals surface area contributed by atoms with E-state index in [0.717, 1.165) is 4.88 Å². The van der Waals surface area contributed by atoms with E-state index >= 15 is 0 Å². The molecule has 0 fully saturated rings. The molecule has 4 nitrogen and oxygen atoms in total. The van der Waals surface area contributed by atoms with E-state index in [4.69, 9.17) is 5.26 Å². The Morgan fingerprint density at radius 1 is 1.11 bits per heavy atom. The number of rotatable bonds is 2. The van der Waals surface area contributed by atoms with Crippen molar-refractivity contribution in [3.8, 4) is 28.2 Å². The molecule has 0 spiro atoms. The summed E-state index contributed by atoms with van der Waals surface area (Å²) in [4.78, 5) is 13.8. The van der Waals surface area contributed by atoms with Crippen LogP contribution in [0.3, 0.4) is 0 Å². The lowest BCUT2D eigenvalue weighted by molar-refractivity contribution is 1.13. The average molecular weight is 264 g/mol. The third-order valence-electron chi connectivity index (χ3n) is 2.56. The first-order valence-electron chi connectivity index (χ1n) is 5.61. The summed E-state index contributed by atoms with van der Waals surface area (Å²) in [6, 6.07) is 11.6. The van der Waals surface area contributed by atoms with Gasteiger partial charge in [0, 0.05) is 12.4 Å². The Morgan fingerprint density at radius 3 is 2.74 bits per heavy atom. The highest BCUT2D eigenvalue weighted by Crippen LogP contribution is 2.27. The fourth-order valence-electron chi connectivity index (χ4n) is 1.68. The zero-order valence-electron chi connectivity index (χ0n) is 9.82. The van der Waals surface area contributed by atoms with Gasteiger partial charge in [-0.1, -0.05) is 12.1 Å². The maximum atomic E-state index is 9.14. The Balaban J connectivity index is 2.16. The second-order valence-electron chi connectivity index (χ2n) is 3.76. The van der Waals surface area contributed by atoms with Gasteiger partial charge in [-0.2, -0.15) is 5.26 Å². The van der Waals surface area contributed by atoms with Crippen LogP contribution in [-0.2, 0) is 0 Å². The number of thiophene rings is 1. The number of pyridine rings is 1. The summed E-state index contributed by atoms with van der Waals surface area (Å²) >= 11 is 1.55. The molecular weight excluding hydrogens is 256 g/mol. The molecule has 0 aliphatic carbocycles. The number of nitrogens with zero attached hydrogens (tertiary/aromatic N) is 4. The quantitative estimate of drug-likeness (QED) is 0.713.